The lowest BCUT2D eigenvalue weighted by Crippen LogP contribution is -2.11. The predicted molar refractivity (Wildman–Crippen MR) is 221 cm³/mol. The summed E-state index contributed by atoms with van der Waals surface area (Å²) in [6.45, 7) is 0. The number of nitriles is 1. The van der Waals surface area contributed by atoms with Crippen LogP contribution in [0, 0.1) is 11.3 Å². The van der Waals surface area contributed by atoms with Crippen molar-refractivity contribution in [2.24, 2.45) is 0 Å². The second kappa shape index (κ2) is 15.7. The minimum absolute atomic E-state index is 0.187. The first-order chi connectivity index (χ1) is 32.5. The summed E-state index contributed by atoms with van der Waals surface area (Å²) in [6.07, 6.45) is -31.1. The van der Waals surface area contributed by atoms with Gasteiger partial charge in [0.15, 0.2) is 0 Å². The number of aromatic nitrogens is 2. The summed E-state index contributed by atoms with van der Waals surface area (Å²) in [5.41, 5.74) is -13.6. The molecule has 0 radical (unpaired) electrons. The van der Waals surface area contributed by atoms with Crippen molar-refractivity contribution in [3.8, 4) is 39.7 Å². The summed E-state index contributed by atoms with van der Waals surface area (Å²) in [5.74, 6) is 0. The van der Waals surface area contributed by atoms with Crippen LogP contribution in [0.4, 0.5) is 79.0 Å². The van der Waals surface area contributed by atoms with Crippen molar-refractivity contribution in [3.63, 3.8) is 0 Å². The molecule has 2 aromatic heterocycles. The van der Waals surface area contributed by atoms with Crippen molar-refractivity contribution in [1.82, 2.24) is 9.13 Å². The number of hydrogen-bond donors (Lipinski definition) is 0. The van der Waals surface area contributed by atoms with E-state index in [1.54, 1.807) is 0 Å². The van der Waals surface area contributed by atoms with Crippen LogP contribution in [0.5, 0.6) is 0 Å². The Bertz CT molecular complexity index is 3470. The molecule has 70 heavy (non-hydrogen) atoms. The molecule has 358 valence electrons. The molecule has 0 fully saturated rings. The number of nitrogens with zero attached hydrogens (tertiary/aromatic N) is 3. The second-order valence-corrected chi connectivity index (χ2v) is 15.9. The summed E-state index contributed by atoms with van der Waals surface area (Å²) in [6, 6.07) is 17.0. The molecular weight excluding hydrogens is 973 g/mol. The molecule has 3 nitrogen and oxygen atoms in total. The van der Waals surface area contributed by atoms with Crippen molar-refractivity contribution in [2.75, 3.05) is 0 Å². The van der Waals surface area contributed by atoms with Crippen LogP contribution in [0.3, 0.4) is 0 Å². The predicted octanol–water partition coefficient (Wildman–Crippen LogP) is 17.2. The standard InChI is InChI=1S/C49H21F18N3/c50-44(51,52)25-7-11-36-32(18-25)33-19-26(45(53,54)55)8-12-37(33)69(36)40-5-1-3-23(22-68)42(40)43-31(24-15-29(48(62,63)64)17-30(16-24)49(65,66)67)4-2-6-41(43)70-38-13-9-27(46(56,57)58)20-34(38)35-21-28(47(59,60)61)10-14-39(35)70/h1-21H. The molecule has 21 heteroatoms. The Morgan fingerprint density at radius 1 is 0.329 bits per heavy atom. The van der Waals surface area contributed by atoms with Gasteiger partial charge in [0, 0.05) is 32.7 Å². The summed E-state index contributed by atoms with van der Waals surface area (Å²) in [4.78, 5) is 0. The average molecular weight is 994 g/mol. The third-order valence-electron chi connectivity index (χ3n) is 11.7. The lowest BCUT2D eigenvalue weighted by Gasteiger charge is -2.23. The molecule has 0 spiro atoms. The van der Waals surface area contributed by atoms with E-state index >= 15 is 0 Å². The molecule has 7 aromatic carbocycles. The van der Waals surface area contributed by atoms with E-state index in [9.17, 15) is 84.3 Å². The number of benzene rings is 7. The van der Waals surface area contributed by atoms with Crippen LogP contribution in [-0.4, -0.2) is 9.13 Å². The molecule has 0 saturated carbocycles. The van der Waals surface area contributed by atoms with Crippen molar-refractivity contribution < 1.29 is 79.0 Å². The van der Waals surface area contributed by atoms with Gasteiger partial charge in [0.05, 0.1) is 78.5 Å². The summed E-state index contributed by atoms with van der Waals surface area (Å²) in [5, 5.41) is 8.98. The Balaban J connectivity index is 1.50. The molecule has 0 bridgehead atoms. The summed E-state index contributed by atoms with van der Waals surface area (Å²) >= 11 is 0. The second-order valence-electron chi connectivity index (χ2n) is 15.9. The topological polar surface area (TPSA) is 33.6 Å². The van der Waals surface area contributed by atoms with Crippen LogP contribution in [0.25, 0.3) is 77.2 Å². The Kier molecular flexibility index (Phi) is 10.6. The van der Waals surface area contributed by atoms with E-state index in [1.807, 2.05) is 6.07 Å². The van der Waals surface area contributed by atoms with Crippen molar-refractivity contribution >= 4 is 43.6 Å². The van der Waals surface area contributed by atoms with Gasteiger partial charge < -0.3 is 9.13 Å². The smallest absolute Gasteiger partial charge is 0.309 e. The molecule has 9 aromatic rings. The zero-order chi connectivity index (χ0) is 50.8. The lowest BCUT2D eigenvalue weighted by atomic mass is 9.87. The third-order valence-corrected chi connectivity index (χ3v) is 11.7. The van der Waals surface area contributed by atoms with Crippen LogP contribution in [0.2, 0.25) is 0 Å². The van der Waals surface area contributed by atoms with Gasteiger partial charge in [-0.25, -0.2) is 0 Å². The van der Waals surface area contributed by atoms with Gasteiger partial charge >= 0.3 is 37.1 Å². The minimum Gasteiger partial charge on any atom is -0.309 e. The zero-order valence-corrected chi connectivity index (χ0v) is 34.3. The molecule has 0 N–H and O–H groups in total. The Labute approximate surface area is 379 Å². The number of alkyl halides is 18. The number of rotatable bonds is 4. The van der Waals surface area contributed by atoms with Crippen LogP contribution in [0.15, 0.2) is 127 Å². The van der Waals surface area contributed by atoms with Crippen molar-refractivity contribution in [3.05, 3.63) is 166 Å². The van der Waals surface area contributed by atoms with Gasteiger partial charge in [0.2, 0.25) is 0 Å². The molecule has 9 rings (SSSR count). The highest BCUT2D eigenvalue weighted by molar-refractivity contribution is 6.13. The highest BCUT2D eigenvalue weighted by Gasteiger charge is 2.39. The van der Waals surface area contributed by atoms with Crippen molar-refractivity contribution in [2.45, 2.75) is 37.1 Å². The Morgan fingerprint density at radius 3 is 0.957 bits per heavy atom. The molecule has 0 aliphatic heterocycles. The fourth-order valence-electron chi connectivity index (χ4n) is 8.69. The number of halogens is 18. The fourth-order valence-corrected chi connectivity index (χ4v) is 8.69. The van der Waals surface area contributed by atoms with Crippen LogP contribution in [-0.2, 0) is 37.1 Å². The van der Waals surface area contributed by atoms with Gasteiger partial charge in [-0.05, 0) is 120 Å². The van der Waals surface area contributed by atoms with Crippen LogP contribution < -0.4 is 0 Å². The van der Waals surface area contributed by atoms with E-state index in [-0.39, 0.29) is 39.5 Å². The van der Waals surface area contributed by atoms with Gasteiger partial charge in [-0.3, -0.25) is 0 Å². The Hall–Kier alpha value is -7.63. The molecule has 0 atom stereocenters. The Morgan fingerprint density at radius 2 is 0.643 bits per heavy atom. The summed E-state index contributed by atoms with van der Waals surface area (Å²) < 4.78 is 260. The van der Waals surface area contributed by atoms with Crippen molar-refractivity contribution in [1.29, 1.82) is 5.26 Å². The van der Waals surface area contributed by atoms with E-state index in [1.165, 1.54) is 12.1 Å². The molecule has 0 saturated heterocycles. The molecule has 0 amide bonds. The molecule has 2 heterocycles. The van der Waals surface area contributed by atoms with E-state index in [0.717, 1.165) is 57.7 Å². The fraction of sp³-hybridized carbons (Fsp3) is 0.122. The highest BCUT2D eigenvalue weighted by atomic mass is 19.4. The third kappa shape index (κ3) is 8.07. The minimum atomic E-state index is -5.45. The monoisotopic (exact) mass is 993 g/mol. The van der Waals surface area contributed by atoms with E-state index in [4.69, 9.17) is 0 Å². The van der Waals surface area contributed by atoms with Crippen LogP contribution in [0.1, 0.15) is 38.9 Å². The van der Waals surface area contributed by atoms with E-state index in [0.29, 0.717) is 60.7 Å². The highest BCUT2D eigenvalue weighted by Crippen LogP contribution is 2.50. The molecule has 0 unspecified atom stereocenters. The zero-order valence-electron chi connectivity index (χ0n) is 34.3. The van der Waals surface area contributed by atoms with E-state index < -0.39 is 120 Å². The quantitative estimate of drug-likeness (QED) is 0.162. The maximum atomic E-state index is 14.5. The van der Waals surface area contributed by atoms with Crippen LogP contribution >= 0.6 is 0 Å². The van der Waals surface area contributed by atoms with Gasteiger partial charge in [0.1, 0.15) is 0 Å². The average Bonchev–Trinajstić information content (AvgIpc) is 3.78. The number of hydrogen-bond acceptors (Lipinski definition) is 1. The maximum Gasteiger partial charge on any atom is 0.416 e. The summed E-state index contributed by atoms with van der Waals surface area (Å²) in [7, 11) is 0. The normalized spacial score (nSPS) is 13.3. The number of fused-ring (bicyclic) bond motifs is 6. The molecule has 0 aliphatic rings. The van der Waals surface area contributed by atoms with Gasteiger partial charge in [-0.2, -0.15) is 84.3 Å². The first-order valence-corrected chi connectivity index (χ1v) is 19.9. The van der Waals surface area contributed by atoms with E-state index in [2.05, 4.69) is 0 Å². The van der Waals surface area contributed by atoms with Gasteiger partial charge in [0.25, 0.3) is 0 Å². The SMILES string of the molecule is N#Cc1cccc(-n2c3ccc(C(F)(F)F)cc3c3cc(C(F)(F)F)ccc32)c1-c1c(-c2cc(C(F)(F)F)cc(C(F)(F)F)c2)cccc1-n1c2ccc(C(F)(F)F)cc2c2cc(C(F)(F)F)ccc21. The lowest BCUT2D eigenvalue weighted by molar-refractivity contribution is -0.143. The largest absolute Gasteiger partial charge is 0.416 e. The van der Waals surface area contributed by atoms with Gasteiger partial charge in [-0.15, -0.1) is 0 Å². The van der Waals surface area contributed by atoms with Gasteiger partial charge in [-0.1, -0.05) is 18.2 Å². The molecule has 0 aliphatic carbocycles. The maximum absolute atomic E-state index is 14.5. The molecular formula is C49H21F18N3. The first-order valence-electron chi connectivity index (χ1n) is 19.9. The first kappa shape index (κ1) is 47.4.